The van der Waals surface area contributed by atoms with Crippen LogP contribution in [0.25, 0.3) is 0 Å². The summed E-state index contributed by atoms with van der Waals surface area (Å²) in [4.78, 5) is 25.7. The second-order valence-corrected chi connectivity index (χ2v) is 11.7. The van der Waals surface area contributed by atoms with Crippen molar-refractivity contribution in [2.45, 2.75) is 106 Å². The van der Waals surface area contributed by atoms with Gasteiger partial charge in [0.1, 0.15) is 12.8 Å². The van der Waals surface area contributed by atoms with Crippen LogP contribution in [0, 0.1) is 11.3 Å². The fourth-order valence-corrected chi connectivity index (χ4v) is 6.63. The summed E-state index contributed by atoms with van der Waals surface area (Å²) < 4.78 is 58.6. The number of piperidine rings is 1. The van der Waals surface area contributed by atoms with Crippen molar-refractivity contribution in [3.63, 3.8) is 0 Å². The fraction of sp³-hybridized carbons (Fsp3) is 0.917. The number of nitrogens with one attached hydrogen (secondary N) is 3. The molecule has 0 spiro atoms. The molecule has 6 atom stereocenters. The summed E-state index contributed by atoms with van der Waals surface area (Å²) in [6.45, 7) is 0.109. The Hall–Kier alpha value is -1.17. The third kappa shape index (κ3) is 6.10. The van der Waals surface area contributed by atoms with Crippen molar-refractivity contribution >= 4 is 23.4 Å². The minimum absolute atomic E-state index is 0.0281. The number of alkyl halides is 5. The summed E-state index contributed by atoms with van der Waals surface area (Å²) in [5, 5.41) is 19.2. The van der Waals surface area contributed by atoms with E-state index >= 15 is 0 Å². The lowest BCUT2D eigenvalue weighted by atomic mass is 9.55. The smallest absolute Gasteiger partial charge is 0.391 e. The van der Waals surface area contributed by atoms with Gasteiger partial charge in [0.15, 0.2) is 0 Å². The molecule has 5 rings (SSSR count). The van der Waals surface area contributed by atoms with Gasteiger partial charge < -0.3 is 25.8 Å². The molecular formula is C24H36ClF4N3O4. The third-order valence-corrected chi connectivity index (χ3v) is 9.23. The maximum atomic E-state index is 13.8. The van der Waals surface area contributed by atoms with Crippen molar-refractivity contribution in [3.8, 4) is 0 Å². The zero-order chi connectivity index (χ0) is 26.1. The average molecular weight is 542 g/mol. The van der Waals surface area contributed by atoms with Gasteiger partial charge in [-0.15, -0.1) is 11.6 Å². The van der Waals surface area contributed by atoms with Crippen LogP contribution in [-0.4, -0.2) is 78.1 Å². The van der Waals surface area contributed by atoms with E-state index in [1.807, 2.05) is 0 Å². The number of hydrogen-bond donors (Lipinski definition) is 4. The largest absolute Gasteiger partial charge is 0.392 e. The number of fused-ring (bicyclic) bond motifs is 3. The molecule has 7 nitrogen and oxygen atoms in total. The molecule has 5 aliphatic rings. The highest BCUT2D eigenvalue weighted by Gasteiger charge is 2.58. The Labute approximate surface area is 213 Å². The van der Waals surface area contributed by atoms with Crippen molar-refractivity contribution in [3.05, 3.63) is 0 Å². The monoisotopic (exact) mass is 541 g/mol. The van der Waals surface area contributed by atoms with Crippen molar-refractivity contribution in [2.24, 2.45) is 11.3 Å². The molecule has 4 saturated carbocycles. The first-order valence-electron chi connectivity index (χ1n) is 12.9. The Morgan fingerprint density at radius 2 is 1.83 bits per heavy atom. The summed E-state index contributed by atoms with van der Waals surface area (Å²) >= 11 is 5.89. The van der Waals surface area contributed by atoms with Crippen LogP contribution >= 0.6 is 11.6 Å². The number of rotatable bonds is 7. The maximum absolute atomic E-state index is 13.8. The summed E-state index contributed by atoms with van der Waals surface area (Å²) in [7, 11) is 0. The molecule has 0 aromatic rings. The molecular weight excluding hydrogens is 506 g/mol. The quantitative estimate of drug-likeness (QED) is 0.293. The number of halogens is 5. The Balaban J connectivity index is 1.24. The number of aliphatic hydroxyl groups is 1. The maximum Gasteiger partial charge on any atom is 0.391 e. The van der Waals surface area contributed by atoms with Crippen molar-refractivity contribution in [1.29, 1.82) is 0 Å². The van der Waals surface area contributed by atoms with E-state index in [1.165, 1.54) is 0 Å². The molecule has 0 radical (unpaired) electrons. The van der Waals surface area contributed by atoms with Gasteiger partial charge in [0.25, 0.3) is 0 Å². The van der Waals surface area contributed by atoms with Crippen LogP contribution in [-0.2, 0) is 14.3 Å². The number of ether oxygens (including phenoxy) is 1. The Kier molecular flexibility index (Phi) is 8.44. The van der Waals surface area contributed by atoms with Gasteiger partial charge in [-0.2, -0.15) is 13.2 Å². The minimum atomic E-state index is -4.25. The average Bonchev–Trinajstić information content (AvgIpc) is 2.83. The van der Waals surface area contributed by atoms with Gasteiger partial charge in [0, 0.05) is 24.5 Å². The second-order valence-electron chi connectivity index (χ2n) is 11.1. The van der Waals surface area contributed by atoms with Gasteiger partial charge >= 0.3 is 6.18 Å². The highest BCUT2D eigenvalue weighted by atomic mass is 35.5. The molecule has 4 N–H and O–H groups in total. The fourth-order valence-electron chi connectivity index (χ4n) is 6.40. The molecule has 1 heterocycles. The molecule has 1 aliphatic heterocycles. The molecule has 206 valence electrons. The lowest BCUT2D eigenvalue weighted by molar-refractivity contribution is -0.182. The lowest BCUT2D eigenvalue weighted by Crippen LogP contribution is -2.66. The van der Waals surface area contributed by atoms with Crippen molar-refractivity contribution in [1.82, 2.24) is 16.0 Å². The van der Waals surface area contributed by atoms with Crippen molar-refractivity contribution in [2.75, 3.05) is 19.7 Å². The van der Waals surface area contributed by atoms with E-state index in [0.717, 1.165) is 0 Å². The van der Waals surface area contributed by atoms with Crippen LogP contribution in [0.1, 0.15) is 64.2 Å². The molecule has 2 bridgehead atoms. The summed E-state index contributed by atoms with van der Waals surface area (Å²) in [5.74, 6) is -2.06. The van der Waals surface area contributed by atoms with E-state index in [9.17, 15) is 32.3 Å². The van der Waals surface area contributed by atoms with E-state index in [0.29, 0.717) is 38.5 Å². The normalized spacial score (nSPS) is 41.1. The van der Waals surface area contributed by atoms with E-state index in [-0.39, 0.29) is 63.3 Å². The highest BCUT2D eigenvalue weighted by Crippen LogP contribution is 2.52. The molecule has 0 aromatic heterocycles. The predicted octanol–water partition coefficient (Wildman–Crippen LogP) is 2.73. The van der Waals surface area contributed by atoms with Crippen molar-refractivity contribution < 1.29 is 37.0 Å². The van der Waals surface area contributed by atoms with E-state index in [2.05, 4.69) is 16.0 Å². The van der Waals surface area contributed by atoms with Crippen LogP contribution in [0.15, 0.2) is 0 Å². The molecule has 12 heteroatoms. The first kappa shape index (κ1) is 27.9. The zero-order valence-electron chi connectivity index (χ0n) is 20.2. The Morgan fingerprint density at radius 1 is 1.11 bits per heavy atom. The topological polar surface area (TPSA) is 99.7 Å². The van der Waals surface area contributed by atoms with E-state index < -0.39 is 46.7 Å². The van der Waals surface area contributed by atoms with Crippen LogP contribution in [0.4, 0.5) is 17.6 Å². The van der Waals surface area contributed by atoms with Crippen LogP contribution in [0.5, 0.6) is 0 Å². The number of hydrogen-bond acceptors (Lipinski definition) is 5. The molecule has 5 fully saturated rings. The summed E-state index contributed by atoms with van der Waals surface area (Å²) in [6, 6.07) is -0.472. The highest BCUT2D eigenvalue weighted by molar-refractivity contribution is 6.21. The number of carbonyl (C=O) groups is 2. The molecule has 36 heavy (non-hydrogen) atoms. The number of amides is 2. The Bertz CT molecular complexity index is 809. The van der Waals surface area contributed by atoms with Crippen LogP contribution in [0.3, 0.4) is 0 Å². The molecule has 4 aliphatic carbocycles. The van der Waals surface area contributed by atoms with Gasteiger partial charge in [-0.3, -0.25) is 9.59 Å². The summed E-state index contributed by atoms with van der Waals surface area (Å²) in [6.07, 6.45) is -3.58. The number of carbonyl (C=O) groups excluding carboxylic acids is 2. The third-order valence-electron chi connectivity index (χ3n) is 8.74. The molecule has 2 amide bonds. The lowest BCUT2D eigenvalue weighted by Gasteiger charge is -2.55. The summed E-state index contributed by atoms with van der Waals surface area (Å²) in [5.41, 5.74) is -1.64. The first-order chi connectivity index (χ1) is 16.9. The Morgan fingerprint density at radius 3 is 2.47 bits per heavy atom. The van der Waals surface area contributed by atoms with Gasteiger partial charge in [-0.1, -0.05) is 0 Å². The van der Waals surface area contributed by atoms with E-state index in [1.54, 1.807) is 0 Å². The molecule has 1 saturated heterocycles. The number of aliphatic hydroxyl groups excluding tert-OH is 1. The molecule has 6 unspecified atom stereocenters. The van der Waals surface area contributed by atoms with Crippen LogP contribution < -0.4 is 16.0 Å². The zero-order valence-corrected chi connectivity index (χ0v) is 21.0. The van der Waals surface area contributed by atoms with Gasteiger partial charge in [-0.05, 0) is 64.3 Å². The SMILES string of the molecule is O=C(COC1CCC(Cl)C(F)C1)NC12CCC(C(=O)NCC3CC(C(F)(F)F)CCN3)(CC1)C(O)C2. The predicted molar refractivity (Wildman–Crippen MR) is 124 cm³/mol. The standard InChI is InChI=1S/C24H36ClF4N3O4/c25-17-2-1-16(10-18(17)26)36-13-20(34)32-22-4-6-23(7-5-22,19(33)11-22)21(35)31-12-15-9-14(3-8-30-15)24(27,28)29/h14-19,30,33H,1-13H2,(H,31,35)(H,32,34). The van der Waals surface area contributed by atoms with Crippen LogP contribution in [0.2, 0.25) is 0 Å². The first-order valence-corrected chi connectivity index (χ1v) is 13.3. The second kappa shape index (κ2) is 10.9. The van der Waals surface area contributed by atoms with Gasteiger partial charge in [0.2, 0.25) is 11.8 Å². The van der Waals surface area contributed by atoms with Gasteiger partial charge in [-0.25, -0.2) is 4.39 Å². The van der Waals surface area contributed by atoms with E-state index in [4.69, 9.17) is 16.3 Å². The molecule has 0 aromatic carbocycles. The minimum Gasteiger partial charge on any atom is -0.392 e. The van der Waals surface area contributed by atoms with Gasteiger partial charge in [0.05, 0.1) is 28.9 Å².